The summed E-state index contributed by atoms with van der Waals surface area (Å²) in [6.45, 7) is 3.21. The van der Waals surface area contributed by atoms with Crippen molar-refractivity contribution in [3.8, 4) is 0 Å². The summed E-state index contributed by atoms with van der Waals surface area (Å²) in [7, 11) is 1.96. The van der Waals surface area contributed by atoms with Crippen molar-refractivity contribution in [2.24, 2.45) is 13.0 Å². The molecule has 0 aliphatic heterocycles. The lowest BCUT2D eigenvalue weighted by Gasteiger charge is -2.34. The number of aryl methyl sites for hydroxylation is 1. The number of hydrogen-bond donors (Lipinski definition) is 1. The van der Waals surface area contributed by atoms with Crippen molar-refractivity contribution in [3.63, 3.8) is 0 Å². The molecule has 1 fully saturated rings. The number of aromatic nitrogens is 3. The van der Waals surface area contributed by atoms with Gasteiger partial charge in [0.15, 0.2) is 0 Å². The maximum atomic E-state index is 4.29. The second-order valence-electron chi connectivity index (χ2n) is 4.36. The molecule has 1 heterocycles. The number of likely N-dealkylation sites (N-methyl/N-ethyl adjacent to an activating group) is 1. The fraction of sp³-hybridized carbons (Fsp3) is 0.818. The lowest BCUT2D eigenvalue weighted by molar-refractivity contribution is 0.226. The number of nitrogens with one attached hydrogen (secondary N) is 1. The maximum Gasteiger partial charge on any atom is 0.138 e. The molecule has 1 aliphatic rings. The van der Waals surface area contributed by atoms with Gasteiger partial charge >= 0.3 is 0 Å². The highest BCUT2D eigenvalue weighted by molar-refractivity contribution is 4.93. The van der Waals surface area contributed by atoms with Crippen LogP contribution in [0.1, 0.15) is 32.0 Å². The highest BCUT2D eigenvalue weighted by Gasteiger charge is 2.27. The van der Waals surface area contributed by atoms with Crippen molar-refractivity contribution >= 4 is 0 Å². The molecular weight excluding hydrogens is 188 g/mol. The van der Waals surface area contributed by atoms with E-state index in [4.69, 9.17) is 0 Å². The highest BCUT2D eigenvalue weighted by Crippen LogP contribution is 2.30. The lowest BCUT2D eigenvalue weighted by Crippen LogP contribution is -2.41. The van der Waals surface area contributed by atoms with E-state index < -0.39 is 0 Å². The van der Waals surface area contributed by atoms with Gasteiger partial charge in [-0.15, -0.1) is 0 Å². The molecule has 1 unspecified atom stereocenters. The quantitative estimate of drug-likeness (QED) is 0.789. The number of hydrogen-bond acceptors (Lipinski definition) is 3. The molecule has 0 saturated heterocycles. The Balaban J connectivity index is 1.96. The van der Waals surface area contributed by atoms with Crippen molar-refractivity contribution in [2.75, 3.05) is 6.54 Å². The smallest absolute Gasteiger partial charge is 0.138 e. The van der Waals surface area contributed by atoms with E-state index in [0.29, 0.717) is 6.04 Å². The van der Waals surface area contributed by atoms with Crippen LogP contribution in [-0.2, 0) is 13.5 Å². The van der Waals surface area contributed by atoms with Crippen LogP contribution in [0.5, 0.6) is 0 Å². The third-order valence-electron chi connectivity index (χ3n) is 3.39. The second-order valence-corrected chi connectivity index (χ2v) is 4.36. The predicted molar refractivity (Wildman–Crippen MR) is 59.5 cm³/mol. The molecule has 1 aromatic rings. The average molecular weight is 208 g/mol. The van der Waals surface area contributed by atoms with Gasteiger partial charge in [-0.3, -0.25) is 4.68 Å². The Morgan fingerprint density at radius 2 is 2.40 bits per heavy atom. The molecule has 1 aliphatic carbocycles. The zero-order valence-corrected chi connectivity index (χ0v) is 9.61. The Bertz CT molecular complexity index is 303. The summed E-state index contributed by atoms with van der Waals surface area (Å²) >= 11 is 0. The van der Waals surface area contributed by atoms with E-state index in [1.54, 1.807) is 6.33 Å². The summed E-state index contributed by atoms with van der Waals surface area (Å²) in [6.07, 6.45) is 6.78. The van der Waals surface area contributed by atoms with Gasteiger partial charge < -0.3 is 5.32 Å². The molecule has 1 N–H and O–H groups in total. The Labute approximate surface area is 91.1 Å². The third-order valence-corrected chi connectivity index (χ3v) is 3.39. The summed E-state index contributed by atoms with van der Waals surface area (Å²) in [6, 6.07) is 0.589. The van der Waals surface area contributed by atoms with E-state index >= 15 is 0 Å². The van der Waals surface area contributed by atoms with Crippen LogP contribution >= 0.6 is 0 Å². The topological polar surface area (TPSA) is 42.7 Å². The van der Waals surface area contributed by atoms with Crippen molar-refractivity contribution in [2.45, 2.75) is 38.6 Å². The first-order chi connectivity index (χ1) is 7.31. The van der Waals surface area contributed by atoms with Gasteiger partial charge in [0.05, 0.1) is 0 Å². The normalized spacial score (nSPS) is 18.8. The van der Waals surface area contributed by atoms with Gasteiger partial charge in [-0.2, -0.15) is 5.10 Å². The Hall–Kier alpha value is -0.900. The molecular formula is C11H20N4. The van der Waals surface area contributed by atoms with Crippen molar-refractivity contribution < 1.29 is 0 Å². The van der Waals surface area contributed by atoms with Crippen LogP contribution in [0.25, 0.3) is 0 Å². The van der Waals surface area contributed by atoms with Gasteiger partial charge in [0, 0.05) is 19.5 Å². The number of rotatable bonds is 5. The minimum atomic E-state index is 0.589. The van der Waals surface area contributed by atoms with Crippen LogP contribution in [-0.4, -0.2) is 27.4 Å². The minimum Gasteiger partial charge on any atom is -0.314 e. The van der Waals surface area contributed by atoms with Gasteiger partial charge in [-0.25, -0.2) is 4.98 Å². The van der Waals surface area contributed by atoms with Crippen molar-refractivity contribution in [1.82, 2.24) is 20.1 Å². The molecule has 1 aromatic heterocycles. The monoisotopic (exact) mass is 208 g/mol. The Morgan fingerprint density at radius 1 is 1.60 bits per heavy atom. The van der Waals surface area contributed by atoms with Gasteiger partial charge in [-0.1, -0.05) is 13.3 Å². The molecule has 0 radical (unpaired) electrons. The van der Waals surface area contributed by atoms with Crippen LogP contribution in [0, 0.1) is 5.92 Å². The van der Waals surface area contributed by atoms with E-state index in [-0.39, 0.29) is 0 Å². The number of nitrogens with zero attached hydrogens (tertiary/aromatic N) is 3. The predicted octanol–water partition coefficient (Wildman–Crippen LogP) is 1.14. The molecule has 0 amide bonds. The van der Waals surface area contributed by atoms with Crippen LogP contribution in [0.4, 0.5) is 0 Å². The summed E-state index contributed by atoms with van der Waals surface area (Å²) in [5, 5.41) is 7.68. The Kier molecular flexibility index (Phi) is 3.36. The lowest BCUT2D eigenvalue weighted by atomic mass is 9.78. The minimum absolute atomic E-state index is 0.589. The largest absolute Gasteiger partial charge is 0.314 e. The zero-order chi connectivity index (χ0) is 10.7. The van der Waals surface area contributed by atoms with Gasteiger partial charge in [0.25, 0.3) is 0 Å². The van der Waals surface area contributed by atoms with Gasteiger partial charge in [0.2, 0.25) is 0 Å². The molecule has 15 heavy (non-hydrogen) atoms. The summed E-state index contributed by atoms with van der Waals surface area (Å²) < 4.78 is 1.88. The molecule has 0 bridgehead atoms. The fourth-order valence-corrected chi connectivity index (χ4v) is 2.21. The van der Waals surface area contributed by atoms with E-state index in [2.05, 4.69) is 22.3 Å². The maximum absolute atomic E-state index is 4.29. The molecule has 1 atom stereocenters. The van der Waals surface area contributed by atoms with Gasteiger partial charge in [0.1, 0.15) is 12.2 Å². The molecule has 2 rings (SSSR count). The molecule has 4 heteroatoms. The summed E-state index contributed by atoms with van der Waals surface area (Å²) in [5.41, 5.74) is 0. The fourth-order valence-electron chi connectivity index (χ4n) is 2.21. The van der Waals surface area contributed by atoms with E-state index in [1.807, 2.05) is 11.7 Å². The highest BCUT2D eigenvalue weighted by atomic mass is 15.3. The van der Waals surface area contributed by atoms with E-state index in [1.165, 1.54) is 19.3 Å². The van der Waals surface area contributed by atoms with Crippen LogP contribution in [0.15, 0.2) is 6.33 Å². The molecule has 1 saturated carbocycles. The van der Waals surface area contributed by atoms with Crippen LogP contribution in [0.3, 0.4) is 0 Å². The Morgan fingerprint density at radius 3 is 2.87 bits per heavy atom. The average Bonchev–Trinajstić information content (AvgIpc) is 2.49. The second kappa shape index (κ2) is 4.75. The molecule has 0 spiro atoms. The summed E-state index contributed by atoms with van der Waals surface area (Å²) in [5.74, 6) is 1.94. The molecule has 0 aromatic carbocycles. The van der Waals surface area contributed by atoms with Crippen molar-refractivity contribution in [3.05, 3.63) is 12.2 Å². The SMILES string of the molecule is CCNC(Cc1ncnn1C)C1CCC1. The standard InChI is InChI=1S/C11H20N4/c1-3-12-10(9-5-4-6-9)7-11-13-8-14-15(11)2/h8-10,12H,3-7H2,1-2H3. The van der Waals surface area contributed by atoms with Crippen molar-refractivity contribution in [1.29, 1.82) is 0 Å². The first-order valence-electron chi connectivity index (χ1n) is 5.87. The third kappa shape index (κ3) is 2.37. The summed E-state index contributed by atoms with van der Waals surface area (Å²) in [4.78, 5) is 4.29. The van der Waals surface area contributed by atoms with Gasteiger partial charge in [-0.05, 0) is 25.3 Å². The van der Waals surface area contributed by atoms with Crippen LogP contribution in [0.2, 0.25) is 0 Å². The molecule has 4 nitrogen and oxygen atoms in total. The zero-order valence-electron chi connectivity index (χ0n) is 9.61. The first kappa shape index (κ1) is 10.6. The first-order valence-corrected chi connectivity index (χ1v) is 5.87. The van der Waals surface area contributed by atoms with Crippen LogP contribution < -0.4 is 5.32 Å². The van der Waals surface area contributed by atoms with E-state index in [0.717, 1.165) is 24.7 Å². The van der Waals surface area contributed by atoms with E-state index in [9.17, 15) is 0 Å². The molecule has 84 valence electrons.